The molecule has 12 aromatic rings. The number of hydrogen-bond acceptors (Lipinski definition) is 0. The second-order valence-corrected chi connectivity index (χ2v) is 14.8. The summed E-state index contributed by atoms with van der Waals surface area (Å²) in [6.45, 7) is 0. The minimum absolute atomic E-state index is 1.22. The maximum atomic E-state index is 2.46. The van der Waals surface area contributed by atoms with Gasteiger partial charge >= 0.3 is 0 Å². The molecule has 0 aliphatic rings. The van der Waals surface area contributed by atoms with E-state index in [1.54, 1.807) is 0 Å². The zero-order valence-corrected chi connectivity index (χ0v) is 29.5. The van der Waals surface area contributed by atoms with Gasteiger partial charge in [0, 0.05) is 0 Å². The molecule has 0 radical (unpaired) electrons. The van der Waals surface area contributed by atoms with Gasteiger partial charge < -0.3 is 0 Å². The van der Waals surface area contributed by atoms with Crippen LogP contribution in [0.15, 0.2) is 194 Å². The maximum Gasteiger partial charge on any atom is -0.00206 e. The first-order valence-corrected chi connectivity index (χ1v) is 18.8. The van der Waals surface area contributed by atoms with E-state index in [4.69, 9.17) is 0 Å². The molecule has 0 saturated heterocycles. The molecule has 0 amide bonds. The highest BCUT2D eigenvalue weighted by molar-refractivity contribution is 6.27. The summed E-state index contributed by atoms with van der Waals surface area (Å²) in [5, 5.41) is 18.2. The Morgan fingerprint density at radius 2 is 0.574 bits per heavy atom. The van der Waals surface area contributed by atoms with E-state index in [2.05, 4.69) is 194 Å². The lowest BCUT2D eigenvalue weighted by Crippen LogP contribution is -1.93. The monoisotopic (exact) mass is 680 g/mol. The molecule has 0 heterocycles. The van der Waals surface area contributed by atoms with Crippen molar-refractivity contribution in [1.82, 2.24) is 0 Å². The Morgan fingerprint density at radius 1 is 0.185 bits per heavy atom. The molecular weight excluding hydrogens is 649 g/mol. The van der Waals surface area contributed by atoms with Crippen LogP contribution in [-0.4, -0.2) is 0 Å². The Labute approximate surface area is 312 Å². The predicted octanol–water partition coefficient (Wildman–Crippen LogP) is 15.3. The normalized spacial score (nSPS) is 12.1. The largest absolute Gasteiger partial charge is 0.0616 e. The quantitative estimate of drug-likeness (QED) is 0.162. The predicted molar refractivity (Wildman–Crippen MR) is 233 cm³/mol. The van der Waals surface area contributed by atoms with Gasteiger partial charge in [-0.1, -0.05) is 188 Å². The van der Waals surface area contributed by atoms with Gasteiger partial charge in [0.2, 0.25) is 0 Å². The molecule has 12 rings (SSSR count). The lowest BCUT2D eigenvalue weighted by molar-refractivity contribution is 1.58. The SMILES string of the molecule is c1ccc(-c2ccc3ccc4cccc5ccc2c3c45)c(-c2cc(-c3ccc4ccc5cccc6ccc3c4c56)ccc2-c2cccc3ccccc23)c1. The van der Waals surface area contributed by atoms with Crippen molar-refractivity contribution in [2.75, 3.05) is 0 Å². The van der Waals surface area contributed by atoms with Gasteiger partial charge in [0.25, 0.3) is 0 Å². The summed E-state index contributed by atoms with van der Waals surface area (Å²) in [6, 6.07) is 72.6. The Morgan fingerprint density at radius 3 is 1.24 bits per heavy atom. The molecule has 0 unspecified atom stereocenters. The number of benzene rings is 12. The summed E-state index contributed by atoms with van der Waals surface area (Å²) in [5.41, 5.74) is 9.92. The van der Waals surface area contributed by atoms with Gasteiger partial charge in [-0.05, 0) is 126 Å². The fourth-order valence-electron chi connectivity index (χ4n) is 9.54. The van der Waals surface area contributed by atoms with Crippen molar-refractivity contribution in [2.45, 2.75) is 0 Å². The standard InChI is InChI=1S/C54H32/c1-2-14-41-33(8-1)9-7-17-43(41)47-29-26-40(42-27-22-38-20-18-34-10-5-12-36-24-30-48(42)53(38)51(34)36)32-50(47)45-16-4-3-15-44(45)46-28-23-39-21-19-35-11-6-13-37-25-31-49(46)54(39)52(35)37/h1-32H. The minimum Gasteiger partial charge on any atom is -0.0616 e. The first-order chi connectivity index (χ1) is 26.8. The van der Waals surface area contributed by atoms with Crippen LogP contribution in [0, 0.1) is 0 Å². The van der Waals surface area contributed by atoms with Crippen LogP contribution in [0.2, 0.25) is 0 Å². The molecule has 0 aromatic heterocycles. The Hall–Kier alpha value is -7.02. The fraction of sp³-hybridized carbons (Fsp3) is 0. The van der Waals surface area contributed by atoms with E-state index in [-0.39, 0.29) is 0 Å². The molecule has 248 valence electrons. The molecule has 0 N–H and O–H groups in total. The highest BCUT2D eigenvalue weighted by Gasteiger charge is 2.20. The van der Waals surface area contributed by atoms with Gasteiger partial charge in [-0.25, -0.2) is 0 Å². The Bertz CT molecular complexity index is 3400. The summed E-state index contributed by atoms with van der Waals surface area (Å²) in [7, 11) is 0. The summed E-state index contributed by atoms with van der Waals surface area (Å²) in [5.74, 6) is 0. The third-order valence-electron chi connectivity index (χ3n) is 12.0. The molecule has 0 aliphatic carbocycles. The lowest BCUT2D eigenvalue weighted by Gasteiger charge is -2.20. The van der Waals surface area contributed by atoms with Gasteiger partial charge in [-0.2, -0.15) is 0 Å². The molecule has 0 bridgehead atoms. The third kappa shape index (κ3) is 4.20. The van der Waals surface area contributed by atoms with Crippen LogP contribution in [-0.2, 0) is 0 Å². The molecule has 0 atom stereocenters. The van der Waals surface area contributed by atoms with Crippen molar-refractivity contribution in [3.05, 3.63) is 194 Å². The van der Waals surface area contributed by atoms with Crippen molar-refractivity contribution in [3.63, 3.8) is 0 Å². The van der Waals surface area contributed by atoms with Crippen molar-refractivity contribution < 1.29 is 0 Å². The second kappa shape index (κ2) is 11.2. The number of hydrogen-bond donors (Lipinski definition) is 0. The van der Waals surface area contributed by atoms with Crippen molar-refractivity contribution >= 4 is 75.4 Å². The Balaban J connectivity index is 1.15. The molecule has 0 saturated carbocycles. The van der Waals surface area contributed by atoms with Crippen LogP contribution < -0.4 is 0 Å². The van der Waals surface area contributed by atoms with Gasteiger partial charge in [0.05, 0.1) is 0 Å². The molecule has 12 aromatic carbocycles. The van der Waals surface area contributed by atoms with Crippen LogP contribution in [0.4, 0.5) is 0 Å². The summed E-state index contributed by atoms with van der Waals surface area (Å²) in [6.07, 6.45) is 0. The van der Waals surface area contributed by atoms with Crippen molar-refractivity contribution in [2.24, 2.45) is 0 Å². The van der Waals surface area contributed by atoms with Crippen molar-refractivity contribution in [1.29, 1.82) is 0 Å². The third-order valence-corrected chi connectivity index (χ3v) is 12.0. The lowest BCUT2D eigenvalue weighted by atomic mass is 9.83. The van der Waals surface area contributed by atoms with E-state index < -0.39 is 0 Å². The molecule has 0 heteroatoms. The summed E-state index contributed by atoms with van der Waals surface area (Å²) in [4.78, 5) is 0. The molecule has 54 heavy (non-hydrogen) atoms. The zero-order valence-electron chi connectivity index (χ0n) is 29.5. The first kappa shape index (κ1) is 29.5. The number of fused-ring (bicyclic) bond motifs is 1. The van der Waals surface area contributed by atoms with Gasteiger partial charge in [0.1, 0.15) is 0 Å². The van der Waals surface area contributed by atoms with Crippen LogP contribution >= 0.6 is 0 Å². The maximum absolute atomic E-state index is 2.46. The Kier molecular flexibility index (Phi) is 6.15. The highest BCUT2D eigenvalue weighted by atomic mass is 14.2. The average molecular weight is 681 g/mol. The highest BCUT2D eigenvalue weighted by Crippen LogP contribution is 2.47. The van der Waals surface area contributed by atoms with Crippen LogP contribution in [0.3, 0.4) is 0 Å². The second-order valence-electron chi connectivity index (χ2n) is 14.8. The van der Waals surface area contributed by atoms with E-state index in [1.807, 2.05) is 0 Å². The number of rotatable bonds is 4. The molecular formula is C54H32. The van der Waals surface area contributed by atoms with E-state index in [0.29, 0.717) is 0 Å². The minimum atomic E-state index is 1.22. The van der Waals surface area contributed by atoms with Crippen LogP contribution in [0.25, 0.3) is 120 Å². The van der Waals surface area contributed by atoms with Gasteiger partial charge in [0.15, 0.2) is 0 Å². The average Bonchev–Trinajstić information content (AvgIpc) is 3.24. The summed E-state index contributed by atoms with van der Waals surface area (Å²) >= 11 is 0. The smallest absolute Gasteiger partial charge is 0.00206 e. The molecule has 0 fully saturated rings. The topological polar surface area (TPSA) is 0 Å². The van der Waals surface area contributed by atoms with Crippen molar-refractivity contribution in [3.8, 4) is 44.5 Å². The van der Waals surface area contributed by atoms with E-state index in [9.17, 15) is 0 Å². The van der Waals surface area contributed by atoms with E-state index in [1.165, 1.54) is 120 Å². The first-order valence-electron chi connectivity index (χ1n) is 18.8. The van der Waals surface area contributed by atoms with Crippen LogP contribution in [0.1, 0.15) is 0 Å². The van der Waals surface area contributed by atoms with Crippen LogP contribution in [0.5, 0.6) is 0 Å². The van der Waals surface area contributed by atoms with E-state index >= 15 is 0 Å². The molecule has 0 spiro atoms. The zero-order chi connectivity index (χ0) is 35.3. The molecule has 0 aliphatic heterocycles. The van der Waals surface area contributed by atoms with Gasteiger partial charge in [-0.15, -0.1) is 0 Å². The summed E-state index contributed by atoms with van der Waals surface area (Å²) < 4.78 is 0. The molecule has 0 nitrogen and oxygen atoms in total. The fourth-order valence-corrected chi connectivity index (χ4v) is 9.54. The van der Waals surface area contributed by atoms with E-state index in [0.717, 1.165) is 0 Å². The van der Waals surface area contributed by atoms with Gasteiger partial charge in [-0.3, -0.25) is 0 Å².